The van der Waals surface area contributed by atoms with Gasteiger partial charge in [0.05, 0.1) is 30.0 Å². The Balaban J connectivity index is 2.32. The lowest BCUT2D eigenvalue weighted by Gasteiger charge is -2.42. The summed E-state index contributed by atoms with van der Waals surface area (Å²) in [6.45, 7) is 10.5. The summed E-state index contributed by atoms with van der Waals surface area (Å²) in [5, 5.41) is 3.25. The first-order chi connectivity index (χ1) is 9.45. The fourth-order valence-electron chi connectivity index (χ4n) is 2.45. The van der Waals surface area contributed by atoms with Crippen LogP contribution in [-0.4, -0.2) is 47.6 Å². The van der Waals surface area contributed by atoms with Gasteiger partial charge < -0.3 is 15.0 Å². The lowest BCUT2D eigenvalue weighted by molar-refractivity contribution is -0.0370. The second-order valence-corrected chi connectivity index (χ2v) is 5.72. The fourth-order valence-corrected chi connectivity index (χ4v) is 2.45. The fraction of sp³-hybridized carbons (Fsp3) is 0.600. The van der Waals surface area contributed by atoms with E-state index in [9.17, 15) is 4.79 Å². The SMILES string of the molecule is CCNc1cc(C)ncc1C(=O)N1CCOCC1(C)C. The van der Waals surface area contributed by atoms with Gasteiger partial charge >= 0.3 is 0 Å². The number of hydrogen-bond donors (Lipinski definition) is 1. The molecule has 1 aliphatic heterocycles. The number of morpholine rings is 1. The number of rotatable bonds is 3. The van der Waals surface area contributed by atoms with Crippen LogP contribution in [0.4, 0.5) is 5.69 Å². The molecule has 0 saturated carbocycles. The van der Waals surface area contributed by atoms with Gasteiger partial charge in [0.25, 0.3) is 5.91 Å². The summed E-state index contributed by atoms with van der Waals surface area (Å²) < 4.78 is 5.47. The van der Waals surface area contributed by atoms with Gasteiger partial charge in [-0.05, 0) is 33.8 Å². The number of nitrogens with zero attached hydrogens (tertiary/aromatic N) is 2. The van der Waals surface area contributed by atoms with E-state index in [0.717, 1.165) is 17.9 Å². The van der Waals surface area contributed by atoms with Gasteiger partial charge in [-0.1, -0.05) is 0 Å². The van der Waals surface area contributed by atoms with E-state index in [0.29, 0.717) is 25.3 Å². The quantitative estimate of drug-likeness (QED) is 0.919. The first kappa shape index (κ1) is 14.8. The molecule has 0 spiro atoms. The third-order valence-electron chi connectivity index (χ3n) is 3.53. The Kier molecular flexibility index (Phi) is 4.28. The molecule has 1 aliphatic rings. The van der Waals surface area contributed by atoms with Crippen LogP contribution >= 0.6 is 0 Å². The first-order valence-electron chi connectivity index (χ1n) is 7.06. The maximum atomic E-state index is 12.8. The van der Waals surface area contributed by atoms with Crippen molar-refractivity contribution in [1.82, 2.24) is 9.88 Å². The summed E-state index contributed by atoms with van der Waals surface area (Å²) in [6, 6.07) is 1.92. The average molecular weight is 277 g/mol. The van der Waals surface area contributed by atoms with Gasteiger partial charge in [-0.2, -0.15) is 0 Å². The first-order valence-corrected chi connectivity index (χ1v) is 7.06. The topological polar surface area (TPSA) is 54.5 Å². The zero-order chi connectivity index (χ0) is 14.8. The molecule has 0 aromatic carbocycles. The largest absolute Gasteiger partial charge is 0.385 e. The lowest BCUT2D eigenvalue weighted by atomic mass is 10.0. The second-order valence-electron chi connectivity index (χ2n) is 5.72. The van der Waals surface area contributed by atoms with Crippen molar-refractivity contribution in [2.45, 2.75) is 33.2 Å². The van der Waals surface area contributed by atoms with Crippen LogP contribution in [0, 0.1) is 6.92 Å². The molecule has 1 saturated heterocycles. The molecule has 1 amide bonds. The third-order valence-corrected chi connectivity index (χ3v) is 3.53. The summed E-state index contributed by atoms with van der Waals surface area (Å²) in [4.78, 5) is 19.0. The molecule has 0 unspecified atom stereocenters. The Morgan fingerprint density at radius 1 is 1.55 bits per heavy atom. The Morgan fingerprint density at radius 3 is 2.95 bits per heavy atom. The summed E-state index contributed by atoms with van der Waals surface area (Å²) in [6.07, 6.45) is 1.67. The van der Waals surface area contributed by atoms with E-state index in [4.69, 9.17) is 4.74 Å². The van der Waals surface area contributed by atoms with Crippen molar-refractivity contribution in [3.63, 3.8) is 0 Å². The van der Waals surface area contributed by atoms with E-state index in [1.54, 1.807) is 6.20 Å². The smallest absolute Gasteiger partial charge is 0.258 e. The normalized spacial score (nSPS) is 17.9. The molecule has 2 heterocycles. The lowest BCUT2D eigenvalue weighted by Crippen LogP contribution is -2.55. The molecule has 1 N–H and O–H groups in total. The number of pyridine rings is 1. The highest BCUT2D eigenvalue weighted by Gasteiger charge is 2.35. The monoisotopic (exact) mass is 277 g/mol. The third kappa shape index (κ3) is 2.93. The highest BCUT2D eigenvalue weighted by atomic mass is 16.5. The molecule has 20 heavy (non-hydrogen) atoms. The molecule has 1 aromatic heterocycles. The second kappa shape index (κ2) is 5.79. The van der Waals surface area contributed by atoms with Crippen molar-refractivity contribution in [2.24, 2.45) is 0 Å². The predicted octanol–water partition coefficient (Wildman–Crippen LogP) is 2.07. The predicted molar refractivity (Wildman–Crippen MR) is 79.1 cm³/mol. The van der Waals surface area contributed by atoms with Crippen LogP contribution in [0.2, 0.25) is 0 Å². The number of aromatic nitrogens is 1. The minimum Gasteiger partial charge on any atom is -0.385 e. The number of anilines is 1. The molecule has 2 rings (SSSR count). The van der Waals surface area contributed by atoms with E-state index in [1.807, 2.05) is 38.7 Å². The van der Waals surface area contributed by atoms with Crippen molar-refractivity contribution in [1.29, 1.82) is 0 Å². The van der Waals surface area contributed by atoms with Gasteiger partial charge in [-0.25, -0.2) is 0 Å². The molecule has 0 bridgehead atoms. The van der Waals surface area contributed by atoms with Crippen LogP contribution < -0.4 is 5.32 Å². The van der Waals surface area contributed by atoms with E-state index < -0.39 is 0 Å². The number of aryl methyl sites for hydroxylation is 1. The molecule has 0 aliphatic carbocycles. The molecule has 5 heteroatoms. The maximum absolute atomic E-state index is 12.8. The zero-order valence-corrected chi connectivity index (χ0v) is 12.7. The van der Waals surface area contributed by atoms with Gasteiger partial charge in [0.1, 0.15) is 0 Å². The van der Waals surface area contributed by atoms with E-state index >= 15 is 0 Å². The number of carbonyl (C=O) groups is 1. The molecular formula is C15H23N3O2. The Morgan fingerprint density at radius 2 is 2.30 bits per heavy atom. The van der Waals surface area contributed by atoms with Gasteiger partial charge in [-0.15, -0.1) is 0 Å². The molecule has 0 radical (unpaired) electrons. The molecule has 110 valence electrons. The van der Waals surface area contributed by atoms with Gasteiger partial charge in [0.2, 0.25) is 0 Å². The number of nitrogens with one attached hydrogen (secondary N) is 1. The Hall–Kier alpha value is -1.62. The van der Waals surface area contributed by atoms with Crippen LogP contribution in [0.3, 0.4) is 0 Å². The highest BCUT2D eigenvalue weighted by molar-refractivity contribution is 5.99. The Labute approximate surface area is 120 Å². The summed E-state index contributed by atoms with van der Waals surface area (Å²) in [7, 11) is 0. The number of ether oxygens (including phenoxy) is 1. The maximum Gasteiger partial charge on any atom is 0.258 e. The van der Waals surface area contributed by atoms with E-state index in [2.05, 4.69) is 10.3 Å². The van der Waals surface area contributed by atoms with E-state index in [-0.39, 0.29) is 11.4 Å². The van der Waals surface area contributed by atoms with Crippen molar-refractivity contribution < 1.29 is 9.53 Å². The van der Waals surface area contributed by atoms with Gasteiger partial charge in [0, 0.05) is 25.0 Å². The van der Waals surface area contributed by atoms with Crippen molar-refractivity contribution in [2.75, 3.05) is 31.6 Å². The van der Waals surface area contributed by atoms with Crippen LogP contribution in [0.5, 0.6) is 0 Å². The van der Waals surface area contributed by atoms with Crippen LogP contribution in [0.1, 0.15) is 36.8 Å². The zero-order valence-electron chi connectivity index (χ0n) is 12.7. The highest BCUT2D eigenvalue weighted by Crippen LogP contribution is 2.25. The molecule has 1 aromatic rings. The number of hydrogen-bond acceptors (Lipinski definition) is 4. The minimum atomic E-state index is -0.288. The molecule has 5 nitrogen and oxygen atoms in total. The number of carbonyl (C=O) groups excluding carboxylic acids is 1. The summed E-state index contributed by atoms with van der Waals surface area (Å²) in [5.74, 6) is 0.0155. The van der Waals surface area contributed by atoms with E-state index in [1.165, 1.54) is 0 Å². The molecular weight excluding hydrogens is 254 g/mol. The van der Waals surface area contributed by atoms with Crippen LogP contribution in [0.25, 0.3) is 0 Å². The molecule has 1 fully saturated rings. The summed E-state index contributed by atoms with van der Waals surface area (Å²) in [5.41, 5.74) is 2.10. The van der Waals surface area contributed by atoms with Gasteiger partial charge in [0.15, 0.2) is 0 Å². The minimum absolute atomic E-state index is 0.0155. The van der Waals surface area contributed by atoms with Crippen molar-refractivity contribution >= 4 is 11.6 Å². The van der Waals surface area contributed by atoms with Crippen LogP contribution in [0.15, 0.2) is 12.3 Å². The Bertz CT molecular complexity index is 500. The summed E-state index contributed by atoms with van der Waals surface area (Å²) >= 11 is 0. The van der Waals surface area contributed by atoms with Crippen molar-refractivity contribution in [3.8, 4) is 0 Å². The average Bonchev–Trinajstić information content (AvgIpc) is 2.38. The number of amides is 1. The molecule has 0 atom stereocenters. The van der Waals surface area contributed by atoms with Crippen LogP contribution in [-0.2, 0) is 4.74 Å². The standard InChI is InChI=1S/C15H23N3O2/c1-5-16-13-8-11(2)17-9-12(13)14(19)18-6-7-20-10-15(18,3)4/h8-9H,5-7,10H2,1-4H3,(H,16,17). The van der Waals surface area contributed by atoms with Crippen molar-refractivity contribution in [3.05, 3.63) is 23.5 Å². The van der Waals surface area contributed by atoms with Gasteiger partial charge in [-0.3, -0.25) is 9.78 Å².